The molecule has 0 spiro atoms. The van der Waals surface area contributed by atoms with E-state index in [9.17, 15) is 8.78 Å². The molecule has 1 heterocycles. The monoisotopic (exact) mass is 397 g/mol. The Morgan fingerprint density at radius 1 is 1.25 bits per heavy atom. The molecule has 9 heteroatoms. The van der Waals surface area contributed by atoms with Crippen molar-refractivity contribution in [1.29, 1.82) is 0 Å². The summed E-state index contributed by atoms with van der Waals surface area (Å²) >= 11 is 0. The summed E-state index contributed by atoms with van der Waals surface area (Å²) < 4.78 is 45.6. The second kappa shape index (κ2) is 11.8. The Morgan fingerprint density at radius 2 is 2.11 bits per heavy atom. The normalized spacial score (nSPS) is 11.5. The molecule has 1 aromatic heterocycles. The third-order valence-corrected chi connectivity index (χ3v) is 3.74. The smallest absolute Gasteiger partial charge is 0.387 e. The molecule has 2 rings (SSSR count). The van der Waals surface area contributed by atoms with Gasteiger partial charge in [-0.25, -0.2) is 0 Å². The molecule has 28 heavy (non-hydrogen) atoms. The molecule has 0 amide bonds. The molecule has 0 atom stereocenters. The van der Waals surface area contributed by atoms with Crippen LogP contribution in [0.15, 0.2) is 46.0 Å². The first-order valence-electron chi connectivity index (χ1n) is 8.78. The number of guanidine groups is 1. The van der Waals surface area contributed by atoms with Crippen LogP contribution in [0.25, 0.3) is 0 Å². The van der Waals surface area contributed by atoms with Crippen LogP contribution in [0.4, 0.5) is 8.78 Å². The highest BCUT2D eigenvalue weighted by Crippen LogP contribution is 2.26. The van der Waals surface area contributed by atoms with Gasteiger partial charge in [0, 0.05) is 38.4 Å². The van der Waals surface area contributed by atoms with Crippen molar-refractivity contribution < 1.29 is 27.4 Å². The highest BCUT2D eigenvalue weighted by molar-refractivity contribution is 5.79. The van der Waals surface area contributed by atoms with Crippen molar-refractivity contribution in [3.63, 3.8) is 0 Å². The van der Waals surface area contributed by atoms with Crippen molar-refractivity contribution >= 4 is 5.96 Å². The minimum absolute atomic E-state index is 0.0589. The maximum atomic E-state index is 12.6. The first-order valence-corrected chi connectivity index (χ1v) is 8.78. The molecule has 0 saturated heterocycles. The molecular weight excluding hydrogens is 372 g/mol. The second-order valence-corrected chi connectivity index (χ2v) is 5.69. The minimum Gasteiger partial charge on any atom is -0.497 e. The molecule has 0 radical (unpaired) electrons. The lowest BCUT2D eigenvalue weighted by Gasteiger charge is -2.15. The summed E-state index contributed by atoms with van der Waals surface area (Å²) in [5, 5.41) is 6.21. The van der Waals surface area contributed by atoms with E-state index >= 15 is 0 Å². The van der Waals surface area contributed by atoms with Gasteiger partial charge in [0.1, 0.15) is 23.9 Å². The van der Waals surface area contributed by atoms with E-state index in [2.05, 4.69) is 20.4 Å². The number of ether oxygens (including phenoxy) is 3. The van der Waals surface area contributed by atoms with Crippen molar-refractivity contribution in [2.45, 2.75) is 26.2 Å². The Balaban J connectivity index is 1.73. The lowest BCUT2D eigenvalue weighted by atomic mass is 10.2. The third-order valence-electron chi connectivity index (χ3n) is 3.74. The molecule has 0 fully saturated rings. The molecule has 154 valence electrons. The zero-order valence-electron chi connectivity index (χ0n) is 15.9. The molecule has 0 aliphatic heterocycles. The maximum absolute atomic E-state index is 12.6. The first-order chi connectivity index (χ1) is 13.6. The van der Waals surface area contributed by atoms with Crippen LogP contribution in [0.3, 0.4) is 0 Å². The van der Waals surface area contributed by atoms with Crippen molar-refractivity contribution in [2.75, 3.05) is 27.3 Å². The number of aliphatic imine (C=N–C) groups is 1. The topological polar surface area (TPSA) is 77.3 Å². The van der Waals surface area contributed by atoms with Crippen LogP contribution in [0.2, 0.25) is 0 Å². The van der Waals surface area contributed by atoms with Crippen molar-refractivity contribution in [3.8, 4) is 11.5 Å². The van der Waals surface area contributed by atoms with Gasteiger partial charge >= 0.3 is 6.61 Å². The van der Waals surface area contributed by atoms with Crippen LogP contribution in [-0.2, 0) is 17.9 Å². The molecule has 2 N–H and O–H groups in total. The van der Waals surface area contributed by atoms with Gasteiger partial charge in [-0.15, -0.1) is 0 Å². The van der Waals surface area contributed by atoms with Gasteiger partial charge in [0.2, 0.25) is 0 Å². The average Bonchev–Trinajstić information content (AvgIpc) is 3.20. The molecule has 0 bridgehead atoms. The standard InChI is InChI=1S/C19H25F2N3O4/c1-22-19(23-8-4-9-26-13-16-5-3-10-27-16)24-12-14-6-7-15(25-2)11-17(14)28-18(20)21/h3,5-7,10-11,18H,4,8-9,12-13H2,1-2H3,(H2,22,23,24). The fourth-order valence-electron chi connectivity index (χ4n) is 2.36. The van der Waals surface area contributed by atoms with E-state index in [1.807, 2.05) is 12.1 Å². The summed E-state index contributed by atoms with van der Waals surface area (Å²) in [5.74, 6) is 1.83. The van der Waals surface area contributed by atoms with Gasteiger partial charge in [0.25, 0.3) is 0 Å². The van der Waals surface area contributed by atoms with E-state index in [4.69, 9.17) is 13.9 Å². The van der Waals surface area contributed by atoms with E-state index < -0.39 is 6.61 Å². The number of hydrogen-bond acceptors (Lipinski definition) is 5. The number of methoxy groups -OCH3 is 1. The summed E-state index contributed by atoms with van der Waals surface area (Å²) in [6.07, 6.45) is 2.38. The van der Waals surface area contributed by atoms with E-state index in [-0.39, 0.29) is 12.3 Å². The van der Waals surface area contributed by atoms with Gasteiger partial charge in [-0.05, 0) is 30.7 Å². The predicted molar refractivity (Wildman–Crippen MR) is 101 cm³/mol. The van der Waals surface area contributed by atoms with Crippen LogP contribution in [0, 0.1) is 0 Å². The summed E-state index contributed by atoms with van der Waals surface area (Å²) in [6, 6.07) is 8.45. The molecule has 0 aliphatic rings. The Labute approximate surface area is 162 Å². The van der Waals surface area contributed by atoms with Gasteiger partial charge in [-0.2, -0.15) is 8.78 Å². The fraction of sp³-hybridized carbons (Fsp3) is 0.421. The molecular formula is C19H25F2N3O4. The molecule has 1 aromatic carbocycles. The number of hydrogen-bond donors (Lipinski definition) is 2. The van der Waals surface area contributed by atoms with Crippen LogP contribution >= 0.6 is 0 Å². The van der Waals surface area contributed by atoms with Crippen LogP contribution < -0.4 is 20.1 Å². The van der Waals surface area contributed by atoms with Crippen LogP contribution in [0.5, 0.6) is 11.5 Å². The van der Waals surface area contributed by atoms with Crippen molar-refractivity contribution in [2.24, 2.45) is 4.99 Å². The number of halogens is 2. The zero-order valence-corrected chi connectivity index (χ0v) is 15.9. The lowest BCUT2D eigenvalue weighted by Crippen LogP contribution is -2.37. The van der Waals surface area contributed by atoms with Crippen molar-refractivity contribution in [3.05, 3.63) is 47.9 Å². The van der Waals surface area contributed by atoms with Gasteiger partial charge in [-0.3, -0.25) is 4.99 Å². The van der Waals surface area contributed by atoms with Crippen LogP contribution in [-0.4, -0.2) is 39.9 Å². The number of benzene rings is 1. The molecule has 0 aliphatic carbocycles. The number of furan rings is 1. The summed E-state index contributed by atoms with van der Waals surface area (Å²) in [7, 11) is 3.09. The summed E-state index contributed by atoms with van der Waals surface area (Å²) in [4.78, 5) is 4.11. The van der Waals surface area contributed by atoms with Crippen LogP contribution in [0.1, 0.15) is 17.7 Å². The van der Waals surface area contributed by atoms with E-state index in [0.717, 1.165) is 12.2 Å². The molecule has 2 aromatic rings. The lowest BCUT2D eigenvalue weighted by molar-refractivity contribution is -0.0505. The molecule has 0 unspecified atom stereocenters. The third kappa shape index (κ3) is 7.43. The molecule has 7 nitrogen and oxygen atoms in total. The highest BCUT2D eigenvalue weighted by Gasteiger charge is 2.11. The van der Waals surface area contributed by atoms with E-state index in [0.29, 0.717) is 37.0 Å². The SMILES string of the molecule is CN=C(NCCCOCc1ccco1)NCc1ccc(OC)cc1OC(F)F. The maximum Gasteiger partial charge on any atom is 0.387 e. The number of rotatable bonds is 11. The quantitative estimate of drug-likeness (QED) is 0.345. The van der Waals surface area contributed by atoms with E-state index in [1.54, 1.807) is 25.4 Å². The Hall–Kier alpha value is -2.81. The van der Waals surface area contributed by atoms with Crippen molar-refractivity contribution in [1.82, 2.24) is 10.6 Å². The highest BCUT2D eigenvalue weighted by atomic mass is 19.3. The Morgan fingerprint density at radius 3 is 2.79 bits per heavy atom. The number of nitrogens with one attached hydrogen (secondary N) is 2. The van der Waals surface area contributed by atoms with Gasteiger partial charge < -0.3 is 29.3 Å². The Bertz CT molecular complexity index is 724. The molecule has 0 saturated carbocycles. The first kappa shape index (κ1) is 21.5. The Kier molecular flexibility index (Phi) is 9.06. The largest absolute Gasteiger partial charge is 0.497 e. The number of alkyl halides is 2. The zero-order chi connectivity index (χ0) is 20.2. The average molecular weight is 397 g/mol. The van der Waals surface area contributed by atoms with Gasteiger partial charge in [0.15, 0.2) is 5.96 Å². The summed E-state index contributed by atoms with van der Waals surface area (Å²) in [5.41, 5.74) is 0.561. The van der Waals surface area contributed by atoms with Gasteiger partial charge in [0.05, 0.1) is 13.4 Å². The fourth-order valence-corrected chi connectivity index (χ4v) is 2.36. The van der Waals surface area contributed by atoms with E-state index in [1.165, 1.54) is 13.2 Å². The predicted octanol–water partition coefficient (Wildman–Crippen LogP) is 3.16. The van der Waals surface area contributed by atoms with Gasteiger partial charge in [-0.1, -0.05) is 0 Å². The minimum atomic E-state index is -2.91. The second-order valence-electron chi connectivity index (χ2n) is 5.69. The number of nitrogens with zero attached hydrogens (tertiary/aromatic N) is 1. The summed E-state index contributed by atoms with van der Waals surface area (Å²) in [6.45, 7) is -1.01.